The Morgan fingerprint density at radius 2 is 1.58 bits per heavy atom. The first-order chi connectivity index (χ1) is 18.3. The molecule has 0 spiro atoms. The second-order valence-corrected chi connectivity index (χ2v) is 8.95. The van der Waals surface area contributed by atoms with E-state index in [0.29, 0.717) is 5.56 Å². The Morgan fingerprint density at radius 3 is 2.16 bits per heavy atom. The van der Waals surface area contributed by atoms with E-state index in [1.54, 1.807) is 42.5 Å². The van der Waals surface area contributed by atoms with Gasteiger partial charge in [0, 0.05) is 12.6 Å². The van der Waals surface area contributed by atoms with Crippen LogP contribution in [0.3, 0.4) is 0 Å². The molecule has 1 saturated heterocycles. The van der Waals surface area contributed by atoms with Crippen molar-refractivity contribution in [2.75, 3.05) is 11.9 Å². The van der Waals surface area contributed by atoms with E-state index >= 15 is 0 Å². The van der Waals surface area contributed by atoms with Crippen LogP contribution in [0.25, 0.3) is 0 Å². The lowest BCUT2D eigenvalue weighted by atomic mass is 10.0. The normalized spacial score (nSPS) is 23.4. The molecule has 38 heavy (non-hydrogen) atoms. The van der Waals surface area contributed by atoms with Gasteiger partial charge in [0.15, 0.2) is 6.23 Å². The van der Waals surface area contributed by atoms with Gasteiger partial charge in [0.25, 0.3) is 11.8 Å². The van der Waals surface area contributed by atoms with Crippen LogP contribution in [-0.2, 0) is 16.0 Å². The standard InChI is InChI=1S/C26H24N4O8/c31-13-18-20(32)21(33)25(38-18)29-11-10-19(28-26(29)37)27-22(34)17(12-14-6-2-1-3-7-14)30-23(35)15-8-4-5-9-16(15)24(30)36/h1-11,17-18,20-21,25,31-33H,12-13H2,(H,27,28,34,37)/t17-,18+,20-,21-,25+/m0/s1. The molecule has 0 bridgehead atoms. The van der Waals surface area contributed by atoms with Crippen LogP contribution in [0.2, 0.25) is 0 Å². The van der Waals surface area contributed by atoms with E-state index < -0.39 is 60.6 Å². The number of nitrogens with one attached hydrogen (secondary N) is 1. The molecule has 2 aliphatic heterocycles. The quantitative estimate of drug-likeness (QED) is 0.305. The van der Waals surface area contributed by atoms with Gasteiger partial charge in [-0.1, -0.05) is 42.5 Å². The number of aromatic nitrogens is 2. The number of carbonyl (C=O) groups excluding carboxylic acids is 3. The van der Waals surface area contributed by atoms with Crippen LogP contribution >= 0.6 is 0 Å². The third-order valence-electron chi connectivity index (χ3n) is 6.58. The second kappa shape index (κ2) is 10.3. The molecule has 4 N–H and O–H groups in total. The molecule has 3 heterocycles. The number of benzene rings is 2. The van der Waals surface area contributed by atoms with Crippen LogP contribution in [0.5, 0.6) is 0 Å². The summed E-state index contributed by atoms with van der Waals surface area (Å²) in [5.74, 6) is -2.09. The number of ether oxygens (including phenoxy) is 1. The van der Waals surface area contributed by atoms with E-state index in [2.05, 4.69) is 10.3 Å². The third-order valence-corrected chi connectivity index (χ3v) is 6.58. The summed E-state index contributed by atoms with van der Waals surface area (Å²) >= 11 is 0. The molecule has 0 saturated carbocycles. The van der Waals surface area contributed by atoms with Gasteiger partial charge >= 0.3 is 5.69 Å². The SMILES string of the molecule is O=C(Nc1ccn([C@@H]2O[C@H](CO)[C@H](O)[C@@H]2O)c(=O)n1)[C@H](Cc1ccccc1)N1C(=O)c2ccccc2C1=O. The molecule has 12 nitrogen and oxygen atoms in total. The molecule has 3 amide bonds. The molecule has 0 radical (unpaired) electrons. The number of rotatable bonds is 7. The van der Waals surface area contributed by atoms with Crippen molar-refractivity contribution in [3.63, 3.8) is 0 Å². The lowest BCUT2D eigenvalue weighted by molar-refractivity contribution is -0.120. The number of aliphatic hydroxyl groups is 3. The van der Waals surface area contributed by atoms with Gasteiger partial charge in [0.2, 0.25) is 5.91 Å². The van der Waals surface area contributed by atoms with Gasteiger partial charge in [-0.05, 0) is 23.8 Å². The minimum atomic E-state index is -1.49. The van der Waals surface area contributed by atoms with Gasteiger partial charge in [-0.3, -0.25) is 23.9 Å². The summed E-state index contributed by atoms with van der Waals surface area (Å²) in [4.78, 5) is 57.1. The van der Waals surface area contributed by atoms with Crippen LogP contribution in [0.4, 0.5) is 5.82 Å². The van der Waals surface area contributed by atoms with Gasteiger partial charge in [0.05, 0.1) is 17.7 Å². The number of anilines is 1. The summed E-state index contributed by atoms with van der Waals surface area (Å²) in [5.41, 5.74) is 0.195. The highest BCUT2D eigenvalue weighted by Gasteiger charge is 2.44. The first-order valence-electron chi connectivity index (χ1n) is 11.8. The maximum atomic E-state index is 13.4. The zero-order valence-electron chi connectivity index (χ0n) is 19.9. The molecule has 1 fully saturated rings. The Hall–Kier alpha value is -4.23. The summed E-state index contributed by atoms with van der Waals surface area (Å²) in [7, 11) is 0. The summed E-state index contributed by atoms with van der Waals surface area (Å²) in [5, 5.41) is 31.9. The average Bonchev–Trinajstić information content (AvgIpc) is 3.35. The highest BCUT2D eigenvalue weighted by molar-refractivity contribution is 6.23. The van der Waals surface area contributed by atoms with Crippen molar-refractivity contribution in [2.24, 2.45) is 0 Å². The molecule has 0 aliphatic carbocycles. The summed E-state index contributed by atoms with van der Waals surface area (Å²) < 4.78 is 6.27. The number of fused-ring (bicyclic) bond motifs is 1. The Morgan fingerprint density at radius 1 is 0.947 bits per heavy atom. The largest absolute Gasteiger partial charge is 0.394 e. The van der Waals surface area contributed by atoms with E-state index in [1.165, 1.54) is 24.4 Å². The number of nitrogens with zero attached hydrogens (tertiary/aromatic N) is 3. The average molecular weight is 520 g/mol. The monoisotopic (exact) mass is 520 g/mol. The fourth-order valence-electron chi connectivity index (χ4n) is 4.62. The van der Waals surface area contributed by atoms with Crippen molar-refractivity contribution < 1.29 is 34.4 Å². The number of hydrogen-bond acceptors (Lipinski definition) is 9. The molecular formula is C26H24N4O8. The van der Waals surface area contributed by atoms with Gasteiger partial charge < -0.3 is 25.4 Å². The van der Waals surface area contributed by atoms with Gasteiger partial charge in [-0.15, -0.1) is 0 Å². The van der Waals surface area contributed by atoms with Crippen molar-refractivity contribution in [2.45, 2.75) is 37.0 Å². The number of hydrogen-bond donors (Lipinski definition) is 4. The van der Waals surface area contributed by atoms with E-state index in [9.17, 15) is 34.5 Å². The topological polar surface area (TPSA) is 171 Å². The van der Waals surface area contributed by atoms with E-state index in [4.69, 9.17) is 4.74 Å². The van der Waals surface area contributed by atoms with Gasteiger partial charge in [0.1, 0.15) is 30.2 Å². The second-order valence-electron chi connectivity index (χ2n) is 8.95. The molecule has 3 aromatic rings. The molecule has 196 valence electrons. The summed E-state index contributed by atoms with van der Waals surface area (Å²) in [6, 6.07) is 15.2. The molecule has 5 rings (SSSR count). The first kappa shape index (κ1) is 25.4. The minimum absolute atomic E-state index is 0.0255. The van der Waals surface area contributed by atoms with Crippen molar-refractivity contribution in [3.05, 3.63) is 94.0 Å². The van der Waals surface area contributed by atoms with Gasteiger partial charge in [-0.2, -0.15) is 4.98 Å². The lowest BCUT2D eigenvalue weighted by Gasteiger charge is -2.25. The number of aliphatic hydroxyl groups excluding tert-OH is 3. The van der Waals surface area contributed by atoms with E-state index in [0.717, 1.165) is 9.47 Å². The van der Waals surface area contributed by atoms with Crippen molar-refractivity contribution >= 4 is 23.5 Å². The maximum absolute atomic E-state index is 13.4. The highest BCUT2D eigenvalue weighted by atomic mass is 16.6. The number of imide groups is 1. The molecule has 0 unspecified atom stereocenters. The van der Waals surface area contributed by atoms with Crippen molar-refractivity contribution in [1.29, 1.82) is 0 Å². The van der Waals surface area contributed by atoms with Crippen LogP contribution in [-0.4, -0.2) is 78.5 Å². The Balaban J connectivity index is 1.41. The predicted octanol–water partition coefficient (Wildman–Crippen LogP) is -0.299. The van der Waals surface area contributed by atoms with Crippen molar-refractivity contribution in [1.82, 2.24) is 14.5 Å². The molecule has 2 aromatic carbocycles. The van der Waals surface area contributed by atoms with Crippen LogP contribution < -0.4 is 11.0 Å². The zero-order valence-corrected chi connectivity index (χ0v) is 19.9. The summed E-state index contributed by atoms with van der Waals surface area (Å²) in [6.07, 6.45) is -4.04. The van der Waals surface area contributed by atoms with Crippen LogP contribution in [0, 0.1) is 0 Å². The predicted molar refractivity (Wildman–Crippen MR) is 131 cm³/mol. The zero-order chi connectivity index (χ0) is 27.0. The fraction of sp³-hybridized carbons (Fsp3) is 0.269. The Bertz CT molecular complexity index is 1410. The molecule has 2 aliphatic rings. The Labute approximate surface area is 215 Å². The third kappa shape index (κ3) is 4.50. The smallest absolute Gasteiger partial charge is 0.351 e. The molecule has 5 atom stereocenters. The van der Waals surface area contributed by atoms with Crippen molar-refractivity contribution in [3.8, 4) is 0 Å². The molecule has 12 heteroatoms. The fourth-order valence-corrected chi connectivity index (χ4v) is 4.62. The number of amides is 3. The van der Waals surface area contributed by atoms with E-state index in [1.807, 2.05) is 0 Å². The lowest BCUT2D eigenvalue weighted by Crippen LogP contribution is -2.48. The molecular weight excluding hydrogens is 496 g/mol. The first-order valence-corrected chi connectivity index (χ1v) is 11.8. The number of carbonyl (C=O) groups is 3. The maximum Gasteiger partial charge on any atom is 0.351 e. The van der Waals surface area contributed by atoms with Gasteiger partial charge in [-0.25, -0.2) is 4.79 Å². The molecule has 1 aromatic heterocycles. The van der Waals surface area contributed by atoms with Crippen LogP contribution in [0.15, 0.2) is 71.7 Å². The van der Waals surface area contributed by atoms with E-state index in [-0.39, 0.29) is 23.4 Å². The van der Waals surface area contributed by atoms with Crippen LogP contribution in [0.1, 0.15) is 32.5 Å². The highest BCUT2D eigenvalue weighted by Crippen LogP contribution is 2.29. The Kier molecular flexibility index (Phi) is 6.87. The minimum Gasteiger partial charge on any atom is -0.394 e. The summed E-state index contributed by atoms with van der Waals surface area (Å²) in [6.45, 7) is -0.564.